The lowest BCUT2D eigenvalue weighted by atomic mass is 10.1. The van der Waals surface area contributed by atoms with E-state index in [-0.39, 0.29) is 43.7 Å². The first-order chi connectivity index (χ1) is 12.8. The zero-order valence-electron chi connectivity index (χ0n) is 16.0. The maximum absolute atomic E-state index is 14.3. The number of carbonyl (C=O) groups excluding carboxylic acids is 1. The van der Waals surface area contributed by atoms with Gasteiger partial charge in [0.1, 0.15) is 10.7 Å². The van der Waals surface area contributed by atoms with Crippen molar-refractivity contribution in [3.8, 4) is 0 Å². The van der Waals surface area contributed by atoms with E-state index in [1.807, 2.05) is 13.8 Å². The summed E-state index contributed by atoms with van der Waals surface area (Å²) in [6, 6.07) is 3.48. The number of carbonyl (C=O) groups is 1. The molecule has 0 aromatic heterocycles. The Balaban J connectivity index is 2.33. The minimum Gasteiger partial charge on any atom is -0.383 e. The van der Waals surface area contributed by atoms with Crippen LogP contribution in [0.15, 0.2) is 23.1 Å². The van der Waals surface area contributed by atoms with E-state index in [9.17, 15) is 17.6 Å². The van der Waals surface area contributed by atoms with Crippen molar-refractivity contribution >= 4 is 15.9 Å². The normalized spacial score (nSPS) is 15.9. The van der Waals surface area contributed by atoms with Crippen molar-refractivity contribution in [3.05, 3.63) is 29.6 Å². The number of hydrogen-bond donors (Lipinski definition) is 0. The summed E-state index contributed by atoms with van der Waals surface area (Å²) in [5.41, 5.74) is 0.139. The molecule has 1 saturated heterocycles. The topological polar surface area (TPSA) is 76.2 Å². The fraction of sp³-hybridized carbons (Fsp3) is 0.611. The van der Waals surface area contributed by atoms with Gasteiger partial charge >= 0.3 is 0 Å². The summed E-state index contributed by atoms with van der Waals surface area (Å²) in [7, 11) is -2.49. The first-order valence-corrected chi connectivity index (χ1v) is 10.4. The van der Waals surface area contributed by atoms with E-state index in [1.54, 1.807) is 12.0 Å². The number of nitrogens with zero attached hydrogens (tertiary/aromatic N) is 2. The SMILES string of the molecule is COCCN(CC(C)C)C(=O)c1ccc(F)c(S(=O)(=O)N2CCOCC2)c1. The molecule has 1 aliphatic heterocycles. The lowest BCUT2D eigenvalue weighted by molar-refractivity contribution is 0.0671. The van der Waals surface area contributed by atoms with Gasteiger partial charge in [-0.05, 0) is 24.1 Å². The van der Waals surface area contributed by atoms with Gasteiger partial charge in [-0.3, -0.25) is 4.79 Å². The third-order valence-electron chi connectivity index (χ3n) is 4.20. The summed E-state index contributed by atoms with van der Waals surface area (Å²) in [6.07, 6.45) is 0. The van der Waals surface area contributed by atoms with Crippen LogP contribution < -0.4 is 0 Å². The van der Waals surface area contributed by atoms with Gasteiger partial charge in [-0.15, -0.1) is 0 Å². The van der Waals surface area contributed by atoms with Crippen molar-refractivity contribution in [1.29, 1.82) is 0 Å². The predicted octanol–water partition coefficient (Wildman–Crippen LogP) is 1.59. The lowest BCUT2D eigenvalue weighted by Gasteiger charge is -2.27. The third kappa shape index (κ3) is 5.47. The van der Waals surface area contributed by atoms with Gasteiger partial charge < -0.3 is 14.4 Å². The van der Waals surface area contributed by atoms with Crippen LogP contribution in [0.4, 0.5) is 4.39 Å². The van der Waals surface area contributed by atoms with Gasteiger partial charge in [0.15, 0.2) is 0 Å². The summed E-state index contributed by atoms with van der Waals surface area (Å²) in [5.74, 6) is -0.993. The molecule has 27 heavy (non-hydrogen) atoms. The maximum atomic E-state index is 14.3. The monoisotopic (exact) mass is 402 g/mol. The van der Waals surface area contributed by atoms with Crippen molar-refractivity contribution in [2.24, 2.45) is 5.92 Å². The molecule has 1 aromatic rings. The number of morpholine rings is 1. The Kier molecular flexibility index (Phi) is 7.72. The second kappa shape index (κ2) is 9.59. The molecule has 152 valence electrons. The third-order valence-corrected chi connectivity index (χ3v) is 6.12. The van der Waals surface area contributed by atoms with E-state index in [4.69, 9.17) is 9.47 Å². The van der Waals surface area contributed by atoms with Crippen LogP contribution in [-0.2, 0) is 19.5 Å². The number of ether oxygens (including phenoxy) is 2. The van der Waals surface area contributed by atoms with Gasteiger partial charge in [0.2, 0.25) is 10.0 Å². The van der Waals surface area contributed by atoms with Crippen molar-refractivity contribution in [3.63, 3.8) is 0 Å². The van der Waals surface area contributed by atoms with Crippen LogP contribution in [0.2, 0.25) is 0 Å². The molecule has 0 unspecified atom stereocenters. The standard InChI is InChI=1S/C18H27FN2O5S/c1-14(2)13-20(6-9-25-3)18(22)15-4-5-16(19)17(12-15)27(23,24)21-7-10-26-11-8-21/h4-5,12,14H,6-11,13H2,1-3H3. The van der Waals surface area contributed by atoms with E-state index >= 15 is 0 Å². The average molecular weight is 402 g/mol. The molecule has 1 aromatic carbocycles. The zero-order chi connectivity index (χ0) is 20.0. The minimum atomic E-state index is -4.03. The molecule has 0 saturated carbocycles. The number of rotatable bonds is 8. The number of sulfonamides is 1. The van der Waals surface area contributed by atoms with Crippen LogP contribution in [0.1, 0.15) is 24.2 Å². The Hall–Kier alpha value is -1.55. The largest absolute Gasteiger partial charge is 0.383 e. The molecule has 0 N–H and O–H groups in total. The van der Waals surface area contributed by atoms with E-state index in [0.29, 0.717) is 19.7 Å². The van der Waals surface area contributed by atoms with Gasteiger partial charge in [-0.2, -0.15) is 4.31 Å². The van der Waals surface area contributed by atoms with Crippen LogP contribution >= 0.6 is 0 Å². The number of amides is 1. The molecule has 0 bridgehead atoms. The summed E-state index contributed by atoms with van der Waals surface area (Å²) in [4.78, 5) is 14.0. The molecule has 0 aliphatic carbocycles. The fourth-order valence-corrected chi connectivity index (χ4v) is 4.36. The summed E-state index contributed by atoms with van der Waals surface area (Å²) >= 11 is 0. The Labute approximate surface area is 160 Å². The molecule has 2 rings (SSSR count). The van der Waals surface area contributed by atoms with Crippen molar-refractivity contribution in [2.45, 2.75) is 18.7 Å². The highest BCUT2D eigenvalue weighted by Gasteiger charge is 2.30. The van der Waals surface area contributed by atoms with Crippen LogP contribution in [-0.4, -0.2) is 76.6 Å². The van der Waals surface area contributed by atoms with Crippen molar-refractivity contribution < 1.29 is 27.1 Å². The number of benzene rings is 1. The number of hydrogen-bond acceptors (Lipinski definition) is 5. The van der Waals surface area contributed by atoms with Crippen molar-refractivity contribution in [1.82, 2.24) is 9.21 Å². The first-order valence-electron chi connectivity index (χ1n) is 8.93. The maximum Gasteiger partial charge on any atom is 0.253 e. The van der Waals surface area contributed by atoms with Crippen LogP contribution in [0.3, 0.4) is 0 Å². The average Bonchev–Trinajstić information content (AvgIpc) is 2.65. The molecule has 1 fully saturated rings. The smallest absolute Gasteiger partial charge is 0.253 e. The molecular weight excluding hydrogens is 375 g/mol. The second-order valence-corrected chi connectivity index (χ2v) is 8.71. The van der Waals surface area contributed by atoms with Crippen LogP contribution in [0.5, 0.6) is 0 Å². The molecule has 0 radical (unpaired) electrons. The summed E-state index contributed by atoms with van der Waals surface area (Å²) < 4.78 is 51.3. The zero-order valence-corrected chi connectivity index (χ0v) is 16.8. The molecular formula is C18H27FN2O5S. The van der Waals surface area contributed by atoms with E-state index < -0.39 is 20.7 Å². The van der Waals surface area contributed by atoms with E-state index in [2.05, 4.69) is 0 Å². The van der Waals surface area contributed by atoms with Gasteiger partial charge in [0, 0.05) is 38.9 Å². The quantitative estimate of drug-likeness (QED) is 0.660. The predicted molar refractivity (Wildman–Crippen MR) is 98.6 cm³/mol. The first kappa shape index (κ1) is 21.7. The molecule has 0 spiro atoms. The molecule has 7 nitrogen and oxygen atoms in total. The number of methoxy groups -OCH3 is 1. The van der Waals surface area contributed by atoms with E-state index in [1.165, 1.54) is 10.4 Å². The van der Waals surface area contributed by atoms with Gasteiger partial charge in [-0.1, -0.05) is 13.8 Å². The fourth-order valence-electron chi connectivity index (χ4n) is 2.86. The van der Waals surface area contributed by atoms with Crippen LogP contribution in [0.25, 0.3) is 0 Å². The molecule has 0 atom stereocenters. The Morgan fingerprint density at radius 2 is 2.00 bits per heavy atom. The Morgan fingerprint density at radius 1 is 1.33 bits per heavy atom. The lowest BCUT2D eigenvalue weighted by Crippen LogP contribution is -2.41. The summed E-state index contributed by atoms with van der Waals surface area (Å²) in [6.45, 7) is 6.02. The Bertz CT molecular complexity index is 748. The highest BCUT2D eigenvalue weighted by Crippen LogP contribution is 2.22. The second-order valence-electron chi connectivity index (χ2n) is 6.80. The molecule has 1 aliphatic rings. The molecule has 1 heterocycles. The highest BCUT2D eigenvalue weighted by molar-refractivity contribution is 7.89. The van der Waals surface area contributed by atoms with Crippen LogP contribution in [0, 0.1) is 11.7 Å². The van der Waals surface area contributed by atoms with Gasteiger partial charge in [0.25, 0.3) is 5.91 Å². The molecule has 1 amide bonds. The van der Waals surface area contributed by atoms with Gasteiger partial charge in [-0.25, -0.2) is 12.8 Å². The highest BCUT2D eigenvalue weighted by atomic mass is 32.2. The Morgan fingerprint density at radius 3 is 2.59 bits per heavy atom. The summed E-state index contributed by atoms with van der Waals surface area (Å²) in [5, 5.41) is 0. The van der Waals surface area contributed by atoms with E-state index in [0.717, 1.165) is 12.1 Å². The number of halogens is 1. The molecule has 9 heteroatoms. The van der Waals surface area contributed by atoms with Crippen molar-refractivity contribution in [2.75, 3.05) is 53.1 Å². The van der Waals surface area contributed by atoms with Gasteiger partial charge in [0.05, 0.1) is 19.8 Å². The minimum absolute atomic E-state index is 0.139.